The Morgan fingerprint density at radius 1 is 1.30 bits per heavy atom. The van der Waals surface area contributed by atoms with Crippen LogP contribution in [0.3, 0.4) is 0 Å². The van der Waals surface area contributed by atoms with Gasteiger partial charge in [-0.15, -0.1) is 0 Å². The van der Waals surface area contributed by atoms with E-state index >= 15 is 0 Å². The Balaban J connectivity index is 1.67. The number of amides is 1. The van der Waals surface area contributed by atoms with Gasteiger partial charge in [-0.2, -0.15) is 0 Å². The van der Waals surface area contributed by atoms with Crippen molar-refractivity contribution in [3.05, 3.63) is 40.9 Å². The van der Waals surface area contributed by atoms with Gasteiger partial charge in [-0.3, -0.25) is 4.79 Å². The number of benzene rings is 1. The minimum absolute atomic E-state index is 0.123. The quantitative estimate of drug-likeness (QED) is 0.849. The standard InChI is InChI=1S/C16H19ClN2O/c17-14-6-3-12(4-7-14)5-8-16(20)19-9-1-2-13-10-18-11-15(13)19/h3-8,13,15,18H,1-2,9-11H2/b8-5+. The van der Waals surface area contributed by atoms with Gasteiger partial charge in [-0.1, -0.05) is 23.7 Å². The van der Waals surface area contributed by atoms with E-state index in [-0.39, 0.29) is 5.91 Å². The van der Waals surface area contributed by atoms with Gasteiger partial charge >= 0.3 is 0 Å². The maximum absolute atomic E-state index is 12.4. The number of hydrogen-bond donors (Lipinski definition) is 1. The van der Waals surface area contributed by atoms with Crippen molar-refractivity contribution < 1.29 is 4.79 Å². The fraction of sp³-hybridized carbons (Fsp3) is 0.438. The summed E-state index contributed by atoms with van der Waals surface area (Å²) in [6.07, 6.45) is 5.90. The molecule has 0 aliphatic carbocycles. The molecule has 2 fully saturated rings. The van der Waals surface area contributed by atoms with Crippen LogP contribution in [0.2, 0.25) is 5.02 Å². The van der Waals surface area contributed by atoms with E-state index in [1.54, 1.807) is 6.08 Å². The number of hydrogen-bond acceptors (Lipinski definition) is 2. The summed E-state index contributed by atoms with van der Waals surface area (Å²) in [5, 5.41) is 4.11. The van der Waals surface area contributed by atoms with Crippen molar-refractivity contribution >= 4 is 23.6 Å². The Hall–Kier alpha value is -1.32. The molecule has 2 unspecified atom stereocenters. The van der Waals surface area contributed by atoms with Crippen LogP contribution in [-0.2, 0) is 4.79 Å². The van der Waals surface area contributed by atoms with E-state index in [1.165, 1.54) is 6.42 Å². The van der Waals surface area contributed by atoms with Crippen LogP contribution < -0.4 is 5.32 Å². The molecule has 0 saturated carbocycles. The number of halogens is 1. The Labute approximate surface area is 124 Å². The summed E-state index contributed by atoms with van der Waals surface area (Å²) >= 11 is 5.85. The minimum atomic E-state index is 0.123. The summed E-state index contributed by atoms with van der Waals surface area (Å²) in [6, 6.07) is 7.89. The Morgan fingerprint density at radius 3 is 2.90 bits per heavy atom. The molecule has 0 bridgehead atoms. The molecule has 2 heterocycles. The van der Waals surface area contributed by atoms with Gasteiger partial charge in [0, 0.05) is 36.8 Å². The normalized spacial score (nSPS) is 25.9. The van der Waals surface area contributed by atoms with Crippen molar-refractivity contribution in [1.82, 2.24) is 10.2 Å². The van der Waals surface area contributed by atoms with E-state index in [0.29, 0.717) is 17.0 Å². The summed E-state index contributed by atoms with van der Waals surface area (Å²) in [4.78, 5) is 14.4. The van der Waals surface area contributed by atoms with E-state index in [4.69, 9.17) is 11.6 Å². The predicted molar refractivity (Wildman–Crippen MR) is 81.6 cm³/mol. The van der Waals surface area contributed by atoms with Crippen molar-refractivity contribution in [3.8, 4) is 0 Å². The lowest BCUT2D eigenvalue weighted by molar-refractivity contribution is -0.130. The zero-order chi connectivity index (χ0) is 13.9. The number of carbonyl (C=O) groups is 1. The van der Waals surface area contributed by atoms with E-state index < -0.39 is 0 Å². The average Bonchev–Trinajstić information content (AvgIpc) is 2.94. The van der Waals surface area contributed by atoms with Crippen LogP contribution in [0, 0.1) is 5.92 Å². The fourth-order valence-electron chi connectivity index (χ4n) is 3.18. The fourth-order valence-corrected chi connectivity index (χ4v) is 3.30. The van der Waals surface area contributed by atoms with Crippen LogP contribution in [0.5, 0.6) is 0 Å². The zero-order valence-electron chi connectivity index (χ0n) is 11.4. The molecule has 106 valence electrons. The summed E-state index contributed by atoms with van der Waals surface area (Å²) in [5.41, 5.74) is 1.00. The molecule has 1 N–H and O–H groups in total. The van der Waals surface area contributed by atoms with Crippen LogP contribution in [0.25, 0.3) is 6.08 Å². The molecule has 2 atom stereocenters. The maximum Gasteiger partial charge on any atom is 0.246 e. The number of piperidine rings is 1. The van der Waals surface area contributed by atoms with Crippen molar-refractivity contribution in [2.75, 3.05) is 19.6 Å². The Bertz CT molecular complexity index is 512. The molecule has 20 heavy (non-hydrogen) atoms. The topological polar surface area (TPSA) is 32.3 Å². The van der Waals surface area contributed by atoms with Crippen molar-refractivity contribution in [2.24, 2.45) is 5.92 Å². The molecule has 1 amide bonds. The summed E-state index contributed by atoms with van der Waals surface area (Å²) < 4.78 is 0. The van der Waals surface area contributed by atoms with Gasteiger partial charge in [0.1, 0.15) is 0 Å². The van der Waals surface area contributed by atoms with Crippen LogP contribution in [0.4, 0.5) is 0 Å². The van der Waals surface area contributed by atoms with Crippen LogP contribution in [0.1, 0.15) is 18.4 Å². The molecule has 2 aliphatic heterocycles. The second-order valence-corrected chi connectivity index (χ2v) is 5.98. The van der Waals surface area contributed by atoms with E-state index in [2.05, 4.69) is 5.32 Å². The highest BCUT2D eigenvalue weighted by Gasteiger charge is 2.36. The number of likely N-dealkylation sites (tertiary alicyclic amines) is 1. The first-order chi connectivity index (χ1) is 9.74. The lowest BCUT2D eigenvalue weighted by Crippen LogP contribution is -2.47. The summed E-state index contributed by atoms with van der Waals surface area (Å²) in [5.74, 6) is 0.759. The smallest absolute Gasteiger partial charge is 0.246 e. The average molecular weight is 291 g/mol. The molecule has 3 rings (SSSR count). The van der Waals surface area contributed by atoms with Gasteiger partial charge in [0.25, 0.3) is 0 Å². The first-order valence-corrected chi connectivity index (χ1v) is 7.57. The molecule has 1 aromatic carbocycles. The number of carbonyl (C=O) groups excluding carboxylic acids is 1. The second-order valence-electron chi connectivity index (χ2n) is 5.54. The SMILES string of the molecule is O=C(/C=C/c1ccc(Cl)cc1)N1CCCC2CNCC21. The third-order valence-corrected chi connectivity index (χ3v) is 4.50. The van der Waals surface area contributed by atoms with Gasteiger partial charge in [0.05, 0.1) is 0 Å². The molecule has 2 saturated heterocycles. The molecule has 2 aliphatic rings. The van der Waals surface area contributed by atoms with Gasteiger partial charge in [-0.05, 0) is 42.5 Å². The molecule has 4 heteroatoms. The Kier molecular flexibility index (Phi) is 4.08. The van der Waals surface area contributed by atoms with Gasteiger partial charge in [-0.25, -0.2) is 0 Å². The molecule has 0 aromatic heterocycles. The highest BCUT2D eigenvalue weighted by Crippen LogP contribution is 2.26. The van der Waals surface area contributed by atoms with Gasteiger partial charge in [0.2, 0.25) is 5.91 Å². The number of fused-ring (bicyclic) bond motifs is 1. The number of nitrogens with zero attached hydrogens (tertiary/aromatic N) is 1. The summed E-state index contributed by atoms with van der Waals surface area (Å²) in [6.45, 7) is 2.87. The lowest BCUT2D eigenvalue weighted by atomic mass is 9.92. The third kappa shape index (κ3) is 2.89. The van der Waals surface area contributed by atoms with Gasteiger partial charge in [0.15, 0.2) is 0 Å². The molecule has 1 aromatic rings. The number of nitrogens with one attached hydrogen (secondary N) is 1. The predicted octanol–water partition coefficient (Wildman–Crippen LogP) is 2.56. The lowest BCUT2D eigenvalue weighted by Gasteiger charge is -2.36. The molecule has 0 spiro atoms. The summed E-state index contributed by atoms with van der Waals surface area (Å²) in [7, 11) is 0. The second kappa shape index (κ2) is 5.98. The van der Waals surface area contributed by atoms with E-state index in [9.17, 15) is 4.79 Å². The first kappa shape index (κ1) is 13.7. The molecular formula is C16H19ClN2O. The largest absolute Gasteiger partial charge is 0.335 e. The van der Waals surface area contributed by atoms with Crippen molar-refractivity contribution in [2.45, 2.75) is 18.9 Å². The van der Waals surface area contributed by atoms with Crippen LogP contribution in [-0.4, -0.2) is 36.5 Å². The number of rotatable bonds is 2. The van der Waals surface area contributed by atoms with Crippen molar-refractivity contribution in [1.29, 1.82) is 0 Å². The van der Waals surface area contributed by atoms with E-state index in [0.717, 1.165) is 31.6 Å². The van der Waals surface area contributed by atoms with Crippen LogP contribution in [0.15, 0.2) is 30.3 Å². The molecule has 0 radical (unpaired) electrons. The minimum Gasteiger partial charge on any atom is -0.335 e. The zero-order valence-corrected chi connectivity index (χ0v) is 12.1. The van der Waals surface area contributed by atoms with Crippen LogP contribution >= 0.6 is 11.6 Å². The molecule has 3 nitrogen and oxygen atoms in total. The van der Waals surface area contributed by atoms with Crippen molar-refractivity contribution in [3.63, 3.8) is 0 Å². The maximum atomic E-state index is 12.4. The third-order valence-electron chi connectivity index (χ3n) is 4.25. The monoisotopic (exact) mass is 290 g/mol. The highest BCUT2D eigenvalue weighted by atomic mass is 35.5. The van der Waals surface area contributed by atoms with E-state index in [1.807, 2.05) is 35.2 Å². The Morgan fingerprint density at radius 2 is 2.10 bits per heavy atom. The highest BCUT2D eigenvalue weighted by molar-refractivity contribution is 6.30. The molecular weight excluding hydrogens is 272 g/mol. The first-order valence-electron chi connectivity index (χ1n) is 7.19. The van der Waals surface area contributed by atoms with Gasteiger partial charge < -0.3 is 10.2 Å².